The maximum atomic E-state index is 11.7. The molecule has 0 aliphatic carbocycles. The second kappa shape index (κ2) is 5.95. The van der Waals surface area contributed by atoms with E-state index in [9.17, 15) is 9.90 Å². The van der Waals surface area contributed by atoms with E-state index in [1.165, 1.54) is 4.68 Å². The molecule has 0 spiro atoms. The van der Waals surface area contributed by atoms with Crippen molar-refractivity contribution in [2.45, 2.75) is 58.7 Å². The van der Waals surface area contributed by atoms with Gasteiger partial charge in [0.25, 0.3) is 0 Å². The lowest BCUT2D eigenvalue weighted by atomic mass is 10.1. The number of carbonyl (C=O) groups is 1. The Labute approximate surface area is 107 Å². The van der Waals surface area contributed by atoms with Gasteiger partial charge < -0.3 is 10.4 Å². The molecule has 0 atom stereocenters. The number of nitrogens with zero attached hydrogens (tertiary/aromatic N) is 3. The molecule has 6 heteroatoms. The van der Waals surface area contributed by atoms with Gasteiger partial charge in [0.05, 0.1) is 6.20 Å². The largest absolute Gasteiger partial charge is 0.384 e. The molecule has 0 radical (unpaired) electrons. The molecule has 102 valence electrons. The quantitative estimate of drug-likeness (QED) is 0.787. The Morgan fingerprint density at radius 1 is 1.50 bits per heavy atom. The number of rotatable bonds is 6. The van der Waals surface area contributed by atoms with Crippen LogP contribution in [0.3, 0.4) is 0 Å². The van der Waals surface area contributed by atoms with Crippen LogP contribution in [0.1, 0.15) is 46.2 Å². The third-order valence-corrected chi connectivity index (χ3v) is 2.82. The SMILES string of the molecule is CCC(CC)NC(=O)Cn1cc(C(C)(C)O)nn1. The Morgan fingerprint density at radius 2 is 2.11 bits per heavy atom. The third kappa shape index (κ3) is 4.10. The molecular formula is C12H22N4O2. The Morgan fingerprint density at radius 3 is 2.56 bits per heavy atom. The molecule has 1 rings (SSSR count). The van der Waals surface area contributed by atoms with Gasteiger partial charge in [-0.25, -0.2) is 4.68 Å². The van der Waals surface area contributed by atoms with Crippen molar-refractivity contribution in [1.29, 1.82) is 0 Å². The maximum Gasteiger partial charge on any atom is 0.242 e. The molecule has 0 fully saturated rings. The van der Waals surface area contributed by atoms with Crippen molar-refractivity contribution in [2.75, 3.05) is 0 Å². The van der Waals surface area contributed by atoms with Crippen LogP contribution in [0.4, 0.5) is 0 Å². The summed E-state index contributed by atoms with van der Waals surface area (Å²) in [7, 11) is 0. The molecule has 0 aromatic carbocycles. The van der Waals surface area contributed by atoms with Gasteiger partial charge in [-0.15, -0.1) is 5.10 Å². The molecule has 18 heavy (non-hydrogen) atoms. The lowest BCUT2D eigenvalue weighted by Crippen LogP contribution is -2.36. The summed E-state index contributed by atoms with van der Waals surface area (Å²) in [5, 5.41) is 20.3. The van der Waals surface area contributed by atoms with E-state index in [1.54, 1.807) is 20.0 Å². The van der Waals surface area contributed by atoms with E-state index in [2.05, 4.69) is 15.6 Å². The minimum absolute atomic E-state index is 0.0871. The number of hydrogen-bond donors (Lipinski definition) is 2. The molecule has 0 unspecified atom stereocenters. The van der Waals surface area contributed by atoms with Crippen molar-refractivity contribution in [3.63, 3.8) is 0 Å². The van der Waals surface area contributed by atoms with Gasteiger partial charge in [0.15, 0.2) is 0 Å². The topological polar surface area (TPSA) is 80.0 Å². The zero-order chi connectivity index (χ0) is 13.8. The Balaban J connectivity index is 2.57. The lowest BCUT2D eigenvalue weighted by molar-refractivity contribution is -0.122. The highest BCUT2D eigenvalue weighted by Gasteiger charge is 2.20. The first kappa shape index (κ1) is 14.6. The van der Waals surface area contributed by atoms with Gasteiger partial charge in [-0.1, -0.05) is 19.1 Å². The number of hydrogen-bond acceptors (Lipinski definition) is 4. The van der Waals surface area contributed by atoms with Gasteiger partial charge in [0, 0.05) is 6.04 Å². The van der Waals surface area contributed by atoms with Crippen molar-refractivity contribution < 1.29 is 9.90 Å². The van der Waals surface area contributed by atoms with E-state index in [4.69, 9.17) is 0 Å². The maximum absolute atomic E-state index is 11.7. The van der Waals surface area contributed by atoms with Gasteiger partial charge in [-0.05, 0) is 26.7 Å². The average Bonchev–Trinajstić information content (AvgIpc) is 2.74. The van der Waals surface area contributed by atoms with E-state index in [1.807, 2.05) is 13.8 Å². The lowest BCUT2D eigenvalue weighted by Gasteiger charge is -2.14. The van der Waals surface area contributed by atoms with E-state index in [0.29, 0.717) is 5.69 Å². The summed E-state index contributed by atoms with van der Waals surface area (Å²) >= 11 is 0. The van der Waals surface area contributed by atoms with Crippen molar-refractivity contribution in [3.05, 3.63) is 11.9 Å². The van der Waals surface area contributed by atoms with Crippen LogP contribution in [0.15, 0.2) is 6.20 Å². The van der Waals surface area contributed by atoms with Crippen molar-refractivity contribution in [1.82, 2.24) is 20.3 Å². The number of aliphatic hydroxyl groups is 1. The van der Waals surface area contributed by atoms with Gasteiger partial charge in [-0.3, -0.25) is 4.79 Å². The second-order valence-electron chi connectivity index (χ2n) is 4.94. The molecule has 1 heterocycles. The van der Waals surface area contributed by atoms with Gasteiger partial charge in [0.2, 0.25) is 5.91 Å². The predicted molar refractivity (Wildman–Crippen MR) is 67.8 cm³/mol. The normalized spacial score (nSPS) is 11.9. The van der Waals surface area contributed by atoms with Crippen LogP contribution in [-0.2, 0) is 16.9 Å². The first-order valence-electron chi connectivity index (χ1n) is 6.29. The van der Waals surface area contributed by atoms with E-state index >= 15 is 0 Å². The number of aromatic nitrogens is 3. The summed E-state index contributed by atoms with van der Waals surface area (Å²) in [6, 6.07) is 0.203. The first-order chi connectivity index (χ1) is 8.36. The highest BCUT2D eigenvalue weighted by molar-refractivity contribution is 5.75. The summed E-state index contributed by atoms with van der Waals surface area (Å²) in [5.74, 6) is -0.0871. The van der Waals surface area contributed by atoms with Gasteiger partial charge in [0.1, 0.15) is 17.8 Å². The Hall–Kier alpha value is -1.43. The predicted octanol–water partition coefficient (Wildman–Crippen LogP) is 0.810. The number of amides is 1. The smallest absolute Gasteiger partial charge is 0.242 e. The summed E-state index contributed by atoms with van der Waals surface area (Å²) in [6.45, 7) is 7.46. The first-order valence-corrected chi connectivity index (χ1v) is 6.29. The van der Waals surface area contributed by atoms with Gasteiger partial charge >= 0.3 is 0 Å². The molecule has 2 N–H and O–H groups in total. The molecule has 1 aromatic rings. The number of carbonyl (C=O) groups excluding carboxylic acids is 1. The highest BCUT2D eigenvalue weighted by Crippen LogP contribution is 2.15. The van der Waals surface area contributed by atoms with Crippen LogP contribution in [-0.4, -0.2) is 32.0 Å². The minimum Gasteiger partial charge on any atom is -0.384 e. The van der Waals surface area contributed by atoms with Crippen LogP contribution in [0, 0.1) is 0 Å². The Bertz CT molecular complexity index is 391. The van der Waals surface area contributed by atoms with E-state index in [0.717, 1.165) is 12.8 Å². The van der Waals surface area contributed by atoms with Crippen LogP contribution < -0.4 is 5.32 Å². The molecule has 0 aliphatic rings. The zero-order valence-corrected chi connectivity index (χ0v) is 11.5. The molecule has 1 amide bonds. The fraction of sp³-hybridized carbons (Fsp3) is 0.750. The standard InChI is InChI=1S/C12H22N4O2/c1-5-9(6-2)13-11(17)8-16-7-10(14-15-16)12(3,4)18/h7,9,18H,5-6,8H2,1-4H3,(H,13,17). The van der Waals surface area contributed by atoms with E-state index < -0.39 is 5.60 Å². The molecule has 1 aromatic heterocycles. The third-order valence-electron chi connectivity index (χ3n) is 2.82. The molecule has 0 aliphatic heterocycles. The minimum atomic E-state index is -1.04. The van der Waals surface area contributed by atoms with E-state index in [-0.39, 0.29) is 18.5 Å². The zero-order valence-electron chi connectivity index (χ0n) is 11.5. The summed E-state index contributed by atoms with van der Waals surface area (Å²) < 4.78 is 1.44. The van der Waals surface area contributed by atoms with Crippen molar-refractivity contribution in [3.8, 4) is 0 Å². The summed E-state index contributed by atoms with van der Waals surface area (Å²) in [6.07, 6.45) is 3.41. The van der Waals surface area contributed by atoms with Crippen LogP contribution >= 0.6 is 0 Å². The molecule has 0 bridgehead atoms. The van der Waals surface area contributed by atoms with Crippen molar-refractivity contribution >= 4 is 5.91 Å². The fourth-order valence-corrected chi connectivity index (χ4v) is 1.57. The van der Waals surface area contributed by atoms with Gasteiger partial charge in [-0.2, -0.15) is 0 Å². The molecule has 6 nitrogen and oxygen atoms in total. The Kier molecular flexibility index (Phi) is 4.84. The summed E-state index contributed by atoms with van der Waals surface area (Å²) in [4.78, 5) is 11.7. The molecular weight excluding hydrogens is 232 g/mol. The number of nitrogens with one attached hydrogen (secondary N) is 1. The second-order valence-corrected chi connectivity index (χ2v) is 4.94. The fourth-order valence-electron chi connectivity index (χ4n) is 1.57. The van der Waals surface area contributed by atoms with Crippen molar-refractivity contribution in [2.24, 2.45) is 0 Å². The summed E-state index contributed by atoms with van der Waals surface area (Å²) in [5.41, 5.74) is -0.581. The van der Waals surface area contributed by atoms with Crippen LogP contribution in [0.5, 0.6) is 0 Å². The molecule has 0 saturated carbocycles. The van der Waals surface area contributed by atoms with Crippen LogP contribution in [0.2, 0.25) is 0 Å². The molecule has 0 saturated heterocycles. The highest BCUT2D eigenvalue weighted by atomic mass is 16.3. The average molecular weight is 254 g/mol. The van der Waals surface area contributed by atoms with Crippen LogP contribution in [0.25, 0.3) is 0 Å². The monoisotopic (exact) mass is 254 g/mol.